The van der Waals surface area contributed by atoms with Gasteiger partial charge in [0, 0.05) is 18.9 Å². The van der Waals surface area contributed by atoms with E-state index in [0.717, 1.165) is 38.5 Å². The zero-order chi connectivity index (χ0) is 15.4. The largest absolute Gasteiger partial charge is 0.481 e. The highest BCUT2D eigenvalue weighted by Gasteiger charge is 2.16. The highest BCUT2D eigenvalue weighted by atomic mass is 16.4. The maximum absolute atomic E-state index is 12.1. The summed E-state index contributed by atoms with van der Waals surface area (Å²) in [5, 5.41) is 11.7. The SMILES string of the molecule is CCCC(CCC)C(=O)NCCC(CC)CCC(=O)O. The predicted molar refractivity (Wildman–Crippen MR) is 81.6 cm³/mol. The first-order chi connectivity index (χ1) is 9.54. The van der Waals surface area contributed by atoms with E-state index >= 15 is 0 Å². The smallest absolute Gasteiger partial charge is 0.303 e. The molecule has 0 heterocycles. The molecule has 0 aromatic carbocycles. The van der Waals surface area contributed by atoms with Crippen LogP contribution in [0.4, 0.5) is 0 Å². The van der Waals surface area contributed by atoms with Crippen molar-refractivity contribution in [1.29, 1.82) is 0 Å². The van der Waals surface area contributed by atoms with Crippen LogP contribution < -0.4 is 5.32 Å². The van der Waals surface area contributed by atoms with Gasteiger partial charge in [-0.1, -0.05) is 40.0 Å². The zero-order valence-electron chi connectivity index (χ0n) is 13.3. The Labute approximate surface area is 123 Å². The standard InChI is InChI=1S/C16H31NO3/c1-4-7-14(8-5-2)16(20)17-12-11-13(6-3)9-10-15(18)19/h13-14H,4-12H2,1-3H3,(H,17,20)(H,18,19). The zero-order valence-corrected chi connectivity index (χ0v) is 13.3. The maximum atomic E-state index is 12.1. The van der Waals surface area contributed by atoms with Crippen LogP contribution in [0.2, 0.25) is 0 Å². The second-order valence-corrected chi connectivity index (χ2v) is 5.56. The molecule has 20 heavy (non-hydrogen) atoms. The van der Waals surface area contributed by atoms with Crippen molar-refractivity contribution in [3.8, 4) is 0 Å². The van der Waals surface area contributed by atoms with Crippen LogP contribution in [0.1, 0.15) is 72.1 Å². The summed E-state index contributed by atoms with van der Waals surface area (Å²) < 4.78 is 0. The monoisotopic (exact) mass is 285 g/mol. The number of carbonyl (C=O) groups excluding carboxylic acids is 1. The van der Waals surface area contributed by atoms with E-state index in [2.05, 4.69) is 26.1 Å². The van der Waals surface area contributed by atoms with Crippen LogP contribution in [-0.4, -0.2) is 23.5 Å². The van der Waals surface area contributed by atoms with Gasteiger partial charge in [-0.05, 0) is 31.6 Å². The topological polar surface area (TPSA) is 66.4 Å². The van der Waals surface area contributed by atoms with E-state index in [4.69, 9.17) is 5.11 Å². The number of aliphatic carboxylic acids is 1. The van der Waals surface area contributed by atoms with Gasteiger partial charge in [0.2, 0.25) is 5.91 Å². The number of carboxylic acid groups (broad SMARTS) is 1. The summed E-state index contributed by atoms with van der Waals surface area (Å²) in [4.78, 5) is 22.6. The van der Waals surface area contributed by atoms with Crippen molar-refractivity contribution in [1.82, 2.24) is 5.32 Å². The third-order valence-corrected chi connectivity index (χ3v) is 3.84. The summed E-state index contributed by atoms with van der Waals surface area (Å²) in [7, 11) is 0. The average molecular weight is 285 g/mol. The molecule has 0 spiro atoms. The van der Waals surface area contributed by atoms with Crippen LogP contribution in [0.25, 0.3) is 0 Å². The minimum Gasteiger partial charge on any atom is -0.481 e. The summed E-state index contributed by atoms with van der Waals surface area (Å²) in [5.41, 5.74) is 0. The molecule has 0 bridgehead atoms. The molecule has 4 nitrogen and oxygen atoms in total. The van der Waals surface area contributed by atoms with Gasteiger partial charge < -0.3 is 10.4 Å². The van der Waals surface area contributed by atoms with Crippen LogP contribution in [0.15, 0.2) is 0 Å². The molecule has 0 aliphatic heterocycles. The first-order valence-corrected chi connectivity index (χ1v) is 8.04. The number of carbonyl (C=O) groups is 2. The Morgan fingerprint density at radius 1 is 1.00 bits per heavy atom. The van der Waals surface area contributed by atoms with Crippen molar-refractivity contribution in [2.24, 2.45) is 11.8 Å². The van der Waals surface area contributed by atoms with Gasteiger partial charge in [0.05, 0.1) is 0 Å². The molecule has 1 unspecified atom stereocenters. The molecule has 118 valence electrons. The Balaban J connectivity index is 3.99. The van der Waals surface area contributed by atoms with Crippen LogP contribution in [0, 0.1) is 11.8 Å². The number of nitrogens with one attached hydrogen (secondary N) is 1. The second-order valence-electron chi connectivity index (χ2n) is 5.56. The van der Waals surface area contributed by atoms with Crippen molar-refractivity contribution in [2.75, 3.05) is 6.54 Å². The summed E-state index contributed by atoms with van der Waals surface area (Å²) in [6, 6.07) is 0. The molecular formula is C16H31NO3. The summed E-state index contributed by atoms with van der Waals surface area (Å²) in [6.45, 7) is 6.95. The van der Waals surface area contributed by atoms with Gasteiger partial charge in [-0.25, -0.2) is 0 Å². The molecule has 0 saturated carbocycles. The Bertz CT molecular complexity index is 273. The van der Waals surface area contributed by atoms with Crippen molar-refractivity contribution >= 4 is 11.9 Å². The van der Waals surface area contributed by atoms with Gasteiger partial charge in [-0.3, -0.25) is 9.59 Å². The lowest BCUT2D eigenvalue weighted by Gasteiger charge is -2.17. The first kappa shape index (κ1) is 18.9. The molecule has 2 N–H and O–H groups in total. The molecule has 1 atom stereocenters. The maximum Gasteiger partial charge on any atom is 0.303 e. The number of hydrogen-bond donors (Lipinski definition) is 2. The molecule has 0 aromatic heterocycles. The van der Waals surface area contributed by atoms with Crippen molar-refractivity contribution in [2.45, 2.75) is 72.1 Å². The fraction of sp³-hybridized carbons (Fsp3) is 0.875. The summed E-state index contributed by atoms with van der Waals surface area (Å²) in [6.07, 6.45) is 6.75. The highest BCUT2D eigenvalue weighted by molar-refractivity contribution is 5.78. The molecule has 0 aliphatic carbocycles. The van der Waals surface area contributed by atoms with Crippen LogP contribution >= 0.6 is 0 Å². The van der Waals surface area contributed by atoms with E-state index in [1.807, 2.05) is 0 Å². The quantitative estimate of drug-likeness (QED) is 0.576. The van der Waals surface area contributed by atoms with E-state index in [0.29, 0.717) is 18.9 Å². The van der Waals surface area contributed by atoms with E-state index in [1.54, 1.807) is 0 Å². The first-order valence-electron chi connectivity index (χ1n) is 8.04. The number of rotatable bonds is 12. The molecule has 4 heteroatoms. The van der Waals surface area contributed by atoms with E-state index < -0.39 is 5.97 Å². The van der Waals surface area contributed by atoms with Gasteiger partial charge in [-0.2, -0.15) is 0 Å². The Kier molecular flexibility index (Phi) is 11.1. The third-order valence-electron chi connectivity index (χ3n) is 3.84. The molecule has 0 aliphatic rings. The van der Waals surface area contributed by atoms with Crippen molar-refractivity contribution in [3.05, 3.63) is 0 Å². The number of carboxylic acids is 1. The van der Waals surface area contributed by atoms with Gasteiger partial charge in [0.15, 0.2) is 0 Å². The predicted octanol–water partition coefficient (Wildman–Crippen LogP) is 3.60. The van der Waals surface area contributed by atoms with Gasteiger partial charge in [-0.15, -0.1) is 0 Å². The summed E-state index contributed by atoms with van der Waals surface area (Å²) >= 11 is 0. The lowest BCUT2D eigenvalue weighted by atomic mass is 9.95. The molecular weight excluding hydrogens is 254 g/mol. The molecule has 0 saturated heterocycles. The van der Waals surface area contributed by atoms with Crippen LogP contribution in [0.3, 0.4) is 0 Å². The Hall–Kier alpha value is -1.06. The van der Waals surface area contributed by atoms with Crippen molar-refractivity contribution in [3.63, 3.8) is 0 Å². The molecule has 0 rings (SSSR count). The average Bonchev–Trinajstić information content (AvgIpc) is 2.41. The summed E-state index contributed by atoms with van der Waals surface area (Å²) in [5.74, 6) is -0.0356. The fourth-order valence-corrected chi connectivity index (χ4v) is 2.53. The normalized spacial score (nSPS) is 12.4. The van der Waals surface area contributed by atoms with E-state index in [9.17, 15) is 9.59 Å². The van der Waals surface area contributed by atoms with Crippen molar-refractivity contribution < 1.29 is 14.7 Å². The number of amides is 1. The van der Waals surface area contributed by atoms with Gasteiger partial charge >= 0.3 is 5.97 Å². The minimum atomic E-state index is -0.738. The Morgan fingerprint density at radius 3 is 2.05 bits per heavy atom. The van der Waals surface area contributed by atoms with Gasteiger partial charge in [0.25, 0.3) is 0 Å². The second kappa shape index (κ2) is 11.7. The molecule has 0 radical (unpaired) electrons. The Morgan fingerprint density at radius 2 is 1.60 bits per heavy atom. The van der Waals surface area contributed by atoms with E-state index in [-0.39, 0.29) is 18.2 Å². The van der Waals surface area contributed by atoms with Crippen LogP contribution in [-0.2, 0) is 9.59 Å². The minimum absolute atomic E-state index is 0.143. The molecule has 1 amide bonds. The lowest BCUT2D eigenvalue weighted by molar-refractivity contribution is -0.137. The fourth-order valence-electron chi connectivity index (χ4n) is 2.53. The highest BCUT2D eigenvalue weighted by Crippen LogP contribution is 2.16. The van der Waals surface area contributed by atoms with E-state index in [1.165, 1.54) is 0 Å². The third kappa shape index (κ3) is 8.94. The lowest BCUT2D eigenvalue weighted by Crippen LogP contribution is -2.32. The number of hydrogen-bond acceptors (Lipinski definition) is 2. The van der Waals surface area contributed by atoms with Gasteiger partial charge in [0.1, 0.15) is 0 Å². The van der Waals surface area contributed by atoms with Crippen LogP contribution in [0.5, 0.6) is 0 Å². The molecule has 0 aromatic rings. The molecule has 0 fully saturated rings.